The van der Waals surface area contributed by atoms with Crippen LogP contribution in [0.5, 0.6) is 0 Å². The van der Waals surface area contributed by atoms with Crippen LogP contribution in [-0.2, 0) is 9.53 Å². The zero-order valence-corrected chi connectivity index (χ0v) is 10.9. The van der Waals surface area contributed by atoms with Crippen molar-refractivity contribution in [3.8, 4) is 0 Å². The molecular formula is C13H24N2O2. The highest BCUT2D eigenvalue weighted by Gasteiger charge is 2.36. The minimum atomic E-state index is -0.238. The van der Waals surface area contributed by atoms with Crippen LogP contribution in [0.2, 0.25) is 0 Å². The molecule has 0 aromatic rings. The normalized spacial score (nSPS) is 32.8. The van der Waals surface area contributed by atoms with E-state index in [1.54, 1.807) is 0 Å². The third-order valence-corrected chi connectivity index (χ3v) is 3.86. The van der Waals surface area contributed by atoms with Crippen LogP contribution < -0.4 is 5.73 Å². The lowest BCUT2D eigenvalue weighted by Gasteiger charge is -2.39. The number of hydrogen-bond donors (Lipinski definition) is 1. The van der Waals surface area contributed by atoms with Gasteiger partial charge in [-0.1, -0.05) is 13.8 Å². The van der Waals surface area contributed by atoms with Crippen molar-refractivity contribution in [1.82, 2.24) is 4.90 Å². The van der Waals surface area contributed by atoms with Crippen LogP contribution in [0.15, 0.2) is 0 Å². The van der Waals surface area contributed by atoms with Crippen molar-refractivity contribution in [1.29, 1.82) is 0 Å². The molecule has 0 aliphatic carbocycles. The number of ether oxygens (including phenoxy) is 1. The van der Waals surface area contributed by atoms with Crippen molar-refractivity contribution in [2.45, 2.75) is 51.7 Å². The first-order valence-corrected chi connectivity index (χ1v) is 6.66. The molecule has 2 fully saturated rings. The van der Waals surface area contributed by atoms with E-state index < -0.39 is 0 Å². The van der Waals surface area contributed by atoms with Crippen molar-refractivity contribution in [2.75, 3.05) is 19.6 Å². The van der Waals surface area contributed by atoms with Gasteiger partial charge in [0.25, 0.3) is 5.91 Å². The minimum Gasteiger partial charge on any atom is -0.364 e. The molecule has 0 radical (unpaired) electrons. The smallest absolute Gasteiger partial charge is 0.251 e. The highest BCUT2D eigenvalue weighted by molar-refractivity contribution is 5.81. The largest absolute Gasteiger partial charge is 0.364 e. The molecule has 98 valence electrons. The molecule has 2 aliphatic rings. The van der Waals surface area contributed by atoms with Crippen LogP contribution in [0, 0.1) is 5.41 Å². The summed E-state index contributed by atoms with van der Waals surface area (Å²) < 4.78 is 5.68. The van der Waals surface area contributed by atoms with Gasteiger partial charge in [-0.3, -0.25) is 4.79 Å². The lowest BCUT2D eigenvalue weighted by molar-refractivity contribution is -0.145. The molecule has 2 rings (SSSR count). The number of hydrogen-bond acceptors (Lipinski definition) is 3. The molecule has 0 saturated carbocycles. The van der Waals surface area contributed by atoms with Gasteiger partial charge in [-0.15, -0.1) is 0 Å². The van der Waals surface area contributed by atoms with Crippen LogP contribution in [0.4, 0.5) is 0 Å². The summed E-state index contributed by atoms with van der Waals surface area (Å²) in [6.45, 7) is 6.72. The van der Waals surface area contributed by atoms with Crippen LogP contribution in [-0.4, -0.2) is 42.6 Å². The van der Waals surface area contributed by atoms with Crippen molar-refractivity contribution in [3.05, 3.63) is 0 Å². The number of rotatable bonds is 2. The van der Waals surface area contributed by atoms with Crippen LogP contribution in [0.3, 0.4) is 0 Å². The van der Waals surface area contributed by atoms with E-state index in [1.807, 2.05) is 4.90 Å². The molecule has 2 unspecified atom stereocenters. The number of carbonyl (C=O) groups excluding carboxylic acids is 1. The maximum Gasteiger partial charge on any atom is 0.251 e. The third kappa shape index (κ3) is 2.99. The Morgan fingerprint density at radius 2 is 2.24 bits per heavy atom. The van der Waals surface area contributed by atoms with Crippen molar-refractivity contribution < 1.29 is 9.53 Å². The Bertz CT molecular complexity index is 291. The van der Waals surface area contributed by atoms with E-state index in [9.17, 15) is 4.79 Å². The minimum absolute atomic E-state index is 0.0850. The molecule has 17 heavy (non-hydrogen) atoms. The quantitative estimate of drug-likeness (QED) is 0.787. The first kappa shape index (κ1) is 12.8. The summed E-state index contributed by atoms with van der Waals surface area (Å²) in [5, 5.41) is 0. The van der Waals surface area contributed by atoms with Gasteiger partial charge in [-0.05, 0) is 31.1 Å². The molecule has 2 aliphatic heterocycles. The monoisotopic (exact) mass is 240 g/mol. The molecule has 2 atom stereocenters. The predicted octanol–water partition coefficient (Wildman–Crippen LogP) is 1.14. The van der Waals surface area contributed by atoms with Crippen LogP contribution in [0.1, 0.15) is 39.5 Å². The Labute approximate surface area is 103 Å². The van der Waals surface area contributed by atoms with E-state index in [-0.39, 0.29) is 23.5 Å². The van der Waals surface area contributed by atoms with Gasteiger partial charge in [0, 0.05) is 19.6 Å². The fraction of sp³-hybridized carbons (Fsp3) is 0.923. The maximum absolute atomic E-state index is 12.3. The van der Waals surface area contributed by atoms with Gasteiger partial charge in [0.05, 0.1) is 6.10 Å². The topological polar surface area (TPSA) is 55.6 Å². The second-order valence-electron chi connectivity index (χ2n) is 6.09. The predicted molar refractivity (Wildman–Crippen MR) is 66.5 cm³/mol. The fourth-order valence-corrected chi connectivity index (χ4v) is 2.88. The van der Waals surface area contributed by atoms with Gasteiger partial charge in [0.1, 0.15) is 6.10 Å². The van der Waals surface area contributed by atoms with Gasteiger partial charge in [-0.2, -0.15) is 0 Å². The SMILES string of the molecule is CC1(C)CCCN(C(=O)C2CCC(CN)O2)C1. The Morgan fingerprint density at radius 1 is 1.47 bits per heavy atom. The lowest BCUT2D eigenvalue weighted by Crippen LogP contribution is -2.47. The number of piperidine rings is 1. The molecule has 4 nitrogen and oxygen atoms in total. The first-order valence-electron chi connectivity index (χ1n) is 6.66. The van der Waals surface area contributed by atoms with Gasteiger partial charge in [0.15, 0.2) is 0 Å². The van der Waals surface area contributed by atoms with Gasteiger partial charge >= 0.3 is 0 Å². The molecule has 2 saturated heterocycles. The second kappa shape index (κ2) is 4.94. The Morgan fingerprint density at radius 3 is 2.82 bits per heavy atom. The third-order valence-electron chi connectivity index (χ3n) is 3.86. The van der Waals surface area contributed by atoms with E-state index in [0.29, 0.717) is 6.54 Å². The molecule has 0 spiro atoms. The van der Waals surface area contributed by atoms with E-state index in [2.05, 4.69) is 13.8 Å². The van der Waals surface area contributed by atoms with Crippen LogP contribution >= 0.6 is 0 Å². The molecule has 0 aromatic heterocycles. The van der Waals surface area contributed by atoms with E-state index in [0.717, 1.165) is 32.4 Å². The molecule has 1 amide bonds. The Balaban J connectivity index is 1.92. The molecule has 2 heterocycles. The molecule has 0 bridgehead atoms. The summed E-state index contributed by atoms with van der Waals surface area (Å²) in [4.78, 5) is 14.3. The number of nitrogens with zero attached hydrogens (tertiary/aromatic N) is 1. The summed E-state index contributed by atoms with van der Waals surface area (Å²) in [5.41, 5.74) is 5.82. The Kier molecular flexibility index (Phi) is 3.73. The van der Waals surface area contributed by atoms with Crippen molar-refractivity contribution in [2.24, 2.45) is 11.1 Å². The van der Waals surface area contributed by atoms with Gasteiger partial charge in [0.2, 0.25) is 0 Å². The van der Waals surface area contributed by atoms with Gasteiger partial charge < -0.3 is 15.4 Å². The van der Waals surface area contributed by atoms with E-state index >= 15 is 0 Å². The average molecular weight is 240 g/mol. The maximum atomic E-state index is 12.3. The fourth-order valence-electron chi connectivity index (χ4n) is 2.88. The highest BCUT2D eigenvalue weighted by atomic mass is 16.5. The summed E-state index contributed by atoms with van der Waals surface area (Å²) in [6, 6.07) is 0. The van der Waals surface area contributed by atoms with Crippen molar-refractivity contribution in [3.63, 3.8) is 0 Å². The molecular weight excluding hydrogens is 216 g/mol. The highest BCUT2D eigenvalue weighted by Crippen LogP contribution is 2.30. The summed E-state index contributed by atoms with van der Waals surface area (Å²) in [5.74, 6) is 0.175. The number of nitrogens with two attached hydrogens (primary N) is 1. The average Bonchev–Trinajstić information content (AvgIpc) is 2.75. The van der Waals surface area contributed by atoms with E-state index in [1.165, 1.54) is 6.42 Å². The molecule has 2 N–H and O–H groups in total. The second-order valence-corrected chi connectivity index (χ2v) is 6.09. The summed E-state index contributed by atoms with van der Waals surface area (Å²) in [6.07, 6.45) is 3.90. The van der Waals surface area contributed by atoms with Crippen LogP contribution in [0.25, 0.3) is 0 Å². The summed E-state index contributed by atoms with van der Waals surface area (Å²) >= 11 is 0. The zero-order chi connectivity index (χ0) is 12.5. The molecule has 4 heteroatoms. The lowest BCUT2D eigenvalue weighted by atomic mass is 9.84. The first-order chi connectivity index (χ1) is 8.02. The number of likely N-dealkylation sites (tertiary alicyclic amines) is 1. The van der Waals surface area contributed by atoms with Gasteiger partial charge in [-0.25, -0.2) is 0 Å². The molecule has 0 aromatic carbocycles. The summed E-state index contributed by atoms with van der Waals surface area (Å²) in [7, 11) is 0. The number of carbonyl (C=O) groups is 1. The van der Waals surface area contributed by atoms with Crippen molar-refractivity contribution >= 4 is 5.91 Å². The number of amides is 1. The van der Waals surface area contributed by atoms with E-state index in [4.69, 9.17) is 10.5 Å². The zero-order valence-electron chi connectivity index (χ0n) is 10.9. The standard InChI is InChI=1S/C13H24N2O2/c1-13(2)6-3-7-15(9-13)12(16)11-5-4-10(8-14)17-11/h10-11H,3-9,14H2,1-2H3. The Hall–Kier alpha value is -0.610.